The fourth-order valence-corrected chi connectivity index (χ4v) is 5.46. The molecule has 1 aliphatic rings. The predicted octanol–water partition coefficient (Wildman–Crippen LogP) is 6.30. The number of carbonyl (C=O) groups is 2. The number of hydrogen-bond donors (Lipinski definition) is 1. The Bertz CT molecular complexity index is 1880. The molecule has 46 heavy (non-hydrogen) atoms. The number of halogens is 3. The van der Waals surface area contributed by atoms with E-state index >= 15 is 0 Å². The Hall–Kier alpha value is -5.23. The molecule has 12 heteroatoms. The highest BCUT2D eigenvalue weighted by molar-refractivity contribution is 6.04. The van der Waals surface area contributed by atoms with Gasteiger partial charge in [0.25, 0.3) is 11.8 Å². The minimum atomic E-state index is -4.48. The molecule has 9 nitrogen and oxygen atoms in total. The van der Waals surface area contributed by atoms with Crippen molar-refractivity contribution in [2.45, 2.75) is 19.6 Å². The van der Waals surface area contributed by atoms with Crippen LogP contribution in [-0.4, -0.2) is 62.3 Å². The monoisotopic (exact) mass is 628 g/mol. The van der Waals surface area contributed by atoms with Gasteiger partial charge in [-0.05, 0) is 72.6 Å². The molecule has 0 unspecified atom stereocenters. The molecule has 1 fully saturated rings. The highest BCUT2D eigenvalue weighted by atomic mass is 19.4. The number of ether oxygens (including phenoxy) is 1. The molecule has 236 valence electrons. The van der Waals surface area contributed by atoms with Crippen LogP contribution in [0.25, 0.3) is 10.9 Å². The smallest absolute Gasteiger partial charge is 0.416 e. The molecule has 3 aromatic heterocycles. The number of nitrogens with zero attached hydrogens (tertiary/aromatic N) is 5. The number of nitrogens with one attached hydrogen (secondary N) is 1. The van der Waals surface area contributed by atoms with E-state index in [1.54, 1.807) is 25.3 Å². The maximum atomic E-state index is 13.5. The van der Waals surface area contributed by atoms with Crippen LogP contribution in [0.4, 0.5) is 18.9 Å². The number of fused-ring (bicyclic) bond motifs is 1. The Morgan fingerprint density at radius 1 is 0.957 bits per heavy atom. The van der Waals surface area contributed by atoms with Crippen LogP contribution in [0.3, 0.4) is 0 Å². The van der Waals surface area contributed by atoms with Crippen LogP contribution in [0.1, 0.15) is 37.5 Å². The molecule has 0 atom stereocenters. The van der Waals surface area contributed by atoms with E-state index < -0.39 is 17.6 Å². The zero-order valence-electron chi connectivity index (χ0n) is 25.2. The molecular formula is C34H31F3N6O3. The van der Waals surface area contributed by atoms with Crippen LogP contribution in [0.15, 0.2) is 85.3 Å². The number of anilines is 1. The molecule has 0 radical (unpaired) electrons. The molecular weight excluding hydrogens is 597 g/mol. The zero-order valence-corrected chi connectivity index (χ0v) is 25.2. The number of rotatable bonds is 7. The minimum Gasteiger partial charge on any atom is -0.439 e. The number of alkyl halides is 3. The first-order valence-corrected chi connectivity index (χ1v) is 14.7. The first-order chi connectivity index (χ1) is 22.0. The highest BCUT2D eigenvalue weighted by Crippen LogP contribution is 2.31. The summed E-state index contributed by atoms with van der Waals surface area (Å²) in [4.78, 5) is 38.8. The summed E-state index contributed by atoms with van der Waals surface area (Å²) in [6.07, 6.45) is 0.581. The van der Waals surface area contributed by atoms with Gasteiger partial charge in [-0.15, -0.1) is 0 Å². The third-order valence-electron chi connectivity index (χ3n) is 8.05. The van der Waals surface area contributed by atoms with Crippen molar-refractivity contribution in [3.8, 4) is 11.6 Å². The van der Waals surface area contributed by atoms with Gasteiger partial charge in [0.05, 0.1) is 17.4 Å². The summed E-state index contributed by atoms with van der Waals surface area (Å²) in [5.41, 5.74) is 2.94. The summed E-state index contributed by atoms with van der Waals surface area (Å²) in [5.74, 6) is 0.238. The van der Waals surface area contributed by atoms with Crippen molar-refractivity contribution in [1.82, 2.24) is 24.3 Å². The summed E-state index contributed by atoms with van der Waals surface area (Å²) in [5, 5.41) is 3.52. The molecule has 1 N–H and O–H groups in total. The van der Waals surface area contributed by atoms with Gasteiger partial charge in [-0.1, -0.05) is 6.07 Å². The van der Waals surface area contributed by atoms with E-state index in [2.05, 4.69) is 26.3 Å². The highest BCUT2D eigenvalue weighted by Gasteiger charge is 2.30. The number of amides is 2. The Morgan fingerprint density at radius 3 is 2.39 bits per heavy atom. The second-order valence-corrected chi connectivity index (χ2v) is 11.2. The lowest BCUT2D eigenvalue weighted by Gasteiger charge is -2.34. The van der Waals surface area contributed by atoms with Gasteiger partial charge in [-0.25, -0.2) is 4.98 Å². The molecule has 0 bridgehead atoms. The van der Waals surface area contributed by atoms with Gasteiger partial charge in [0.2, 0.25) is 5.88 Å². The molecule has 5 aromatic rings. The van der Waals surface area contributed by atoms with Crippen molar-refractivity contribution >= 4 is 28.4 Å². The van der Waals surface area contributed by atoms with E-state index in [4.69, 9.17) is 4.74 Å². The van der Waals surface area contributed by atoms with E-state index in [-0.39, 0.29) is 11.5 Å². The van der Waals surface area contributed by atoms with E-state index in [1.165, 1.54) is 6.20 Å². The first-order valence-electron chi connectivity index (χ1n) is 14.7. The standard InChI is InChI=1S/C34H31F3N6O3/c1-22-16-31(39-20-28(22)40-32(44)24-5-7-26(8-6-24)34(35,36)37)46-27-9-10-29-25(17-27)18-30(41(29)2)33(45)43-14-12-42(13-15-43)21-23-4-3-11-38-19-23/h3-11,16-20H,12-15,21H2,1-2H3,(H,40,44). The second-order valence-electron chi connectivity index (χ2n) is 11.2. The summed E-state index contributed by atoms with van der Waals surface area (Å²) in [6, 6.07) is 17.0. The fourth-order valence-electron chi connectivity index (χ4n) is 5.46. The molecule has 1 saturated heterocycles. The maximum absolute atomic E-state index is 13.5. The van der Waals surface area contributed by atoms with Crippen molar-refractivity contribution < 1.29 is 27.5 Å². The minimum absolute atomic E-state index is 0.0200. The van der Waals surface area contributed by atoms with Crippen LogP contribution in [-0.2, 0) is 19.8 Å². The molecule has 4 heterocycles. The van der Waals surface area contributed by atoms with Crippen molar-refractivity contribution in [3.05, 3.63) is 113 Å². The Morgan fingerprint density at radius 2 is 1.72 bits per heavy atom. The SMILES string of the molecule is Cc1cc(Oc2ccc3c(c2)cc(C(=O)N2CCN(Cc4cccnc4)CC2)n3C)ncc1NC(=O)c1ccc(C(F)(F)F)cc1. The van der Waals surface area contributed by atoms with E-state index in [0.29, 0.717) is 41.7 Å². The molecule has 2 amide bonds. The maximum Gasteiger partial charge on any atom is 0.416 e. The topological polar surface area (TPSA) is 92.6 Å². The summed E-state index contributed by atoms with van der Waals surface area (Å²) in [6.45, 7) is 5.41. The number of pyridine rings is 2. The molecule has 2 aromatic carbocycles. The summed E-state index contributed by atoms with van der Waals surface area (Å²) in [7, 11) is 1.87. The van der Waals surface area contributed by atoms with Crippen molar-refractivity contribution in [2.75, 3.05) is 31.5 Å². The third-order valence-corrected chi connectivity index (χ3v) is 8.05. The quantitative estimate of drug-likeness (QED) is 0.228. The number of piperazine rings is 1. The Labute approximate surface area is 263 Å². The van der Waals surface area contributed by atoms with Crippen molar-refractivity contribution in [1.29, 1.82) is 0 Å². The number of aryl methyl sites for hydroxylation is 2. The summed E-state index contributed by atoms with van der Waals surface area (Å²) < 4.78 is 46.4. The van der Waals surface area contributed by atoms with Crippen molar-refractivity contribution in [2.24, 2.45) is 7.05 Å². The van der Waals surface area contributed by atoms with Gasteiger partial charge in [0, 0.05) is 74.7 Å². The van der Waals surface area contributed by atoms with Gasteiger partial charge >= 0.3 is 6.18 Å². The normalized spacial score (nSPS) is 14.0. The molecule has 0 saturated carbocycles. The van der Waals surface area contributed by atoms with Crippen LogP contribution < -0.4 is 10.1 Å². The lowest BCUT2D eigenvalue weighted by Crippen LogP contribution is -2.48. The van der Waals surface area contributed by atoms with Gasteiger partial charge in [0.1, 0.15) is 11.4 Å². The molecule has 0 aliphatic carbocycles. The van der Waals surface area contributed by atoms with E-state index in [1.807, 2.05) is 47.0 Å². The van der Waals surface area contributed by atoms with Crippen LogP contribution in [0.5, 0.6) is 11.6 Å². The molecule has 0 spiro atoms. The molecule has 6 rings (SSSR count). The number of hydrogen-bond acceptors (Lipinski definition) is 6. The number of aromatic nitrogens is 3. The largest absolute Gasteiger partial charge is 0.439 e. The van der Waals surface area contributed by atoms with Crippen LogP contribution in [0, 0.1) is 6.92 Å². The lowest BCUT2D eigenvalue weighted by atomic mass is 10.1. The van der Waals surface area contributed by atoms with Crippen molar-refractivity contribution in [3.63, 3.8) is 0 Å². The fraction of sp³-hybridized carbons (Fsp3) is 0.235. The van der Waals surface area contributed by atoms with E-state index in [0.717, 1.165) is 60.4 Å². The number of carbonyl (C=O) groups excluding carboxylic acids is 2. The van der Waals surface area contributed by atoms with Gasteiger partial charge < -0.3 is 19.5 Å². The Kier molecular flexibility index (Phi) is 8.46. The predicted molar refractivity (Wildman–Crippen MR) is 167 cm³/mol. The average Bonchev–Trinajstić information content (AvgIpc) is 3.37. The van der Waals surface area contributed by atoms with Crippen LogP contribution in [0.2, 0.25) is 0 Å². The zero-order chi connectivity index (χ0) is 32.4. The van der Waals surface area contributed by atoms with E-state index in [9.17, 15) is 22.8 Å². The van der Waals surface area contributed by atoms with Gasteiger partial charge in [-0.2, -0.15) is 13.2 Å². The third kappa shape index (κ3) is 6.71. The average molecular weight is 629 g/mol. The number of benzene rings is 2. The second kappa shape index (κ2) is 12.6. The molecule has 1 aliphatic heterocycles. The lowest BCUT2D eigenvalue weighted by molar-refractivity contribution is -0.137. The van der Waals surface area contributed by atoms with Gasteiger partial charge in [-0.3, -0.25) is 19.5 Å². The first kappa shape index (κ1) is 30.8. The summed E-state index contributed by atoms with van der Waals surface area (Å²) >= 11 is 0. The van der Waals surface area contributed by atoms with Gasteiger partial charge in [0.15, 0.2) is 0 Å². The van der Waals surface area contributed by atoms with Crippen LogP contribution >= 0.6 is 0 Å². The Balaban J connectivity index is 1.09.